The number of methoxy groups -OCH3 is 1. The smallest absolute Gasteiger partial charge is 0.244 e. The first-order chi connectivity index (χ1) is 15.1. The number of amides is 1. The molecule has 1 amide bonds. The number of carbonyl (C=O) groups excluding carboxylic acids is 1. The van der Waals surface area contributed by atoms with Crippen LogP contribution in [0.3, 0.4) is 0 Å². The van der Waals surface area contributed by atoms with Gasteiger partial charge < -0.3 is 10.1 Å². The standard InChI is InChI=1S/C22H24ClN3O4S2/c1-13(2)19(26-32(28,29)18-7-5-6-16(23)12-18)21(27)25-22-24-20(14(3)31-22)15-8-10-17(30-4)11-9-15/h5-13,19,26H,1-4H3,(H,24,25,27)/t19-/m0/s1. The van der Waals surface area contributed by atoms with E-state index in [0.29, 0.717) is 10.2 Å². The van der Waals surface area contributed by atoms with Crippen molar-refractivity contribution in [1.29, 1.82) is 0 Å². The molecule has 7 nitrogen and oxygen atoms in total. The summed E-state index contributed by atoms with van der Waals surface area (Å²) in [7, 11) is -2.34. The molecule has 0 spiro atoms. The fourth-order valence-electron chi connectivity index (χ4n) is 3.01. The molecular weight excluding hydrogens is 470 g/mol. The molecule has 1 heterocycles. The Hall–Kier alpha value is -2.46. The number of carbonyl (C=O) groups is 1. The van der Waals surface area contributed by atoms with E-state index in [2.05, 4.69) is 15.0 Å². The van der Waals surface area contributed by atoms with Crippen LogP contribution < -0.4 is 14.8 Å². The molecule has 1 atom stereocenters. The van der Waals surface area contributed by atoms with Crippen molar-refractivity contribution >= 4 is 44.0 Å². The molecule has 10 heteroatoms. The van der Waals surface area contributed by atoms with Gasteiger partial charge in [0.2, 0.25) is 15.9 Å². The van der Waals surface area contributed by atoms with Gasteiger partial charge in [-0.25, -0.2) is 13.4 Å². The van der Waals surface area contributed by atoms with E-state index in [4.69, 9.17) is 16.3 Å². The van der Waals surface area contributed by atoms with Crippen LogP contribution in [0.1, 0.15) is 18.7 Å². The Morgan fingerprint density at radius 1 is 1.16 bits per heavy atom. The zero-order valence-electron chi connectivity index (χ0n) is 18.0. The first kappa shape index (κ1) is 24.2. The molecule has 0 aliphatic heterocycles. The lowest BCUT2D eigenvalue weighted by Gasteiger charge is -2.21. The third-order valence-corrected chi connectivity index (χ3v) is 7.29. The van der Waals surface area contributed by atoms with Gasteiger partial charge in [0.25, 0.3) is 0 Å². The fourth-order valence-corrected chi connectivity index (χ4v) is 5.49. The van der Waals surface area contributed by atoms with Crippen molar-refractivity contribution in [2.45, 2.75) is 31.7 Å². The lowest BCUT2D eigenvalue weighted by Crippen LogP contribution is -2.47. The van der Waals surface area contributed by atoms with Crippen molar-refractivity contribution < 1.29 is 17.9 Å². The van der Waals surface area contributed by atoms with Crippen molar-refractivity contribution in [3.05, 3.63) is 58.4 Å². The lowest BCUT2D eigenvalue weighted by atomic mass is 10.1. The van der Waals surface area contributed by atoms with Gasteiger partial charge in [-0.05, 0) is 55.3 Å². The number of anilines is 1. The van der Waals surface area contributed by atoms with Gasteiger partial charge in [-0.1, -0.05) is 31.5 Å². The van der Waals surface area contributed by atoms with Gasteiger partial charge in [-0.2, -0.15) is 4.72 Å². The first-order valence-electron chi connectivity index (χ1n) is 9.81. The molecule has 1 aromatic heterocycles. The van der Waals surface area contributed by atoms with Crippen LogP contribution >= 0.6 is 22.9 Å². The largest absolute Gasteiger partial charge is 0.497 e. The minimum absolute atomic E-state index is 0.00432. The topological polar surface area (TPSA) is 97.4 Å². The van der Waals surface area contributed by atoms with Gasteiger partial charge in [-0.15, -0.1) is 11.3 Å². The molecule has 0 saturated heterocycles. The number of benzene rings is 2. The highest BCUT2D eigenvalue weighted by molar-refractivity contribution is 7.89. The van der Waals surface area contributed by atoms with E-state index in [1.54, 1.807) is 33.1 Å². The maximum Gasteiger partial charge on any atom is 0.244 e. The van der Waals surface area contributed by atoms with Gasteiger partial charge in [0.15, 0.2) is 5.13 Å². The van der Waals surface area contributed by atoms with Gasteiger partial charge in [-0.3, -0.25) is 4.79 Å². The summed E-state index contributed by atoms with van der Waals surface area (Å²) in [6.07, 6.45) is 0. The van der Waals surface area contributed by atoms with Crippen molar-refractivity contribution in [2.75, 3.05) is 12.4 Å². The number of nitrogens with one attached hydrogen (secondary N) is 2. The Labute approximate surface area is 196 Å². The summed E-state index contributed by atoms with van der Waals surface area (Å²) in [5.74, 6) is -0.0476. The summed E-state index contributed by atoms with van der Waals surface area (Å²) < 4.78 is 33.2. The molecule has 2 N–H and O–H groups in total. The third kappa shape index (κ3) is 5.66. The number of halogens is 1. The zero-order chi connectivity index (χ0) is 23.5. The number of aryl methyl sites for hydroxylation is 1. The minimum atomic E-state index is -3.94. The van der Waals surface area contributed by atoms with Crippen LogP contribution in [0.5, 0.6) is 5.75 Å². The van der Waals surface area contributed by atoms with Gasteiger partial charge in [0, 0.05) is 15.5 Å². The molecule has 2 aromatic carbocycles. The number of thiazole rings is 1. The maximum atomic E-state index is 13.0. The molecule has 170 valence electrons. The van der Waals surface area contributed by atoms with E-state index in [0.717, 1.165) is 21.9 Å². The van der Waals surface area contributed by atoms with Gasteiger partial charge in [0.05, 0.1) is 17.7 Å². The molecule has 32 heavy (non-hydrogen) atoms. The summed E-state index contributed by atoms with van der Waals surface area (Å²) in [6, 6.07) is 12.4. The molecule has 3 aromatic rings. The third-order valence-electron chi connectivity index (χ3n) is 4.73. The number of hydrogen-bond donors (Lipinski definition) is 2. The highest BCUT2D eigenvalue weighted by Crippen LogP contribution is 2.31. The quantitative estimate of drug-likeness (QED) is 0.473. The predicted octanol–water partition coefficient (Wildman–Crippen LogP) is 4.72. The molecule has 0 saturated carbocycles. The normalized spacial score (nSPS) is 12.6. The SMILES string of the molecule is COc1ccc(-c2nc(NC(=O)[C@@H](NS(=O)(=O)c3cccc(Cl)c3)C(C)C)sc2C)cc1. The van der Waals surface area contributed by atoms with E-state index in [9.17, 15) is 13.2 Å². The fraction of sp³-hybridized carbons (Fsp3) is 0.273. The molecule has 0 aliphatic rings. The van der Waals surface area contributed by atoms with Crippen LogP contribution in [0.4, 0.5) is 5.13 Å². The molecule has 0 bridgehead atoms. The van der Waals surface area contributed by atoms with Crippen molar-refractivity contribution in [3.63, 3.8) is 0 Å². The Morgan fingerprint density at radius 3 is 2.44 bits per heavy atom. The minimum Gasteiger partial charge on any atom is -0.497 e. The monoisotopic (exact) mass is 493 g/mol. The van der Waals surface area contributed by atoms with Crippen molar-refractivity contribution in [3.8, 4) is 17.0 Å². The van der Waals surface area contributed by atoms with Crippen LogP contribution in [-0.4, -0.2) is 32.5 Å². The second kappa shape index (κ2) is 9.99. The van der Waals surface area contributed by atoms with Crippen LogP contribution in [0.2, 0.25) is 5.02 Å². The van der Waals surface area contributed by atoms with E-state index in [-0.39, 0.29) is 10.8 Å². The second-order valence-electron chi connectivity index (χ2n) is 7.44. The molecule has 3 rings (SSSR count). The molecule has 0 unspecified atom stereocenters. The summed E-state index contributed by atoms with van der Waals surface area (Å²) >= 11 is 7.24. The average molecular weight is 494 g/mol. The van der Waals surface area contributed by atoms with Crippen LogP contribution in [-0.2, 0) is 14.8 Å². The lowest BCUT2D eigenvalue weighted by molar-refractivity contribution is -0.118. The van der Waals surface area contributed by atoms with Crippen LogP contribution in [0.25, 0.3) is 11.3 Å². The number of sulfonamides is 1. The number of rotatable bonds is 8. The highest BCUT2D eigenvalue weighted by Gasteiger charge is 2.29. The number of nitrogens with zero attached hydrogens (tertiary/aromatic N) is 1. The van der Waals surface area contributed by atoms with Crippen LogP contribution in [0, 0.1) is 12.8 Å². The molecule has 0 radical (unpaired) electrons. The van der Waals surface area contributed by atoms with Crippen molar-refractivity contribution in [1.82, 2.24) is 9.71 Å². The molecular formula is C22H24ClN3O4S2. The second-order valence-corrected chi connectivity index (χ2v) is 10.8. The Balaban J connectivity index is 1.79. The number of aromatic nitrogens is 1. The van der Waals surface area contributed by atoms with Gasteiger partial charge in [0.1, 0.15) is 11.8 Å². The summed E-state index contributed by atoms with van der Waals surface area (Å²) in [5.41, 5.74) is 1.63. The maximum absolute atomic E-state index is 13.0. The first-order valence-corrected chi connectivity index (χ1v) is 12.5. The van der Waals surface area contributed by atoms with E-state index < -0.39 is 22.0 Å². The highest BCUT2D eigenvalue weighted by atomic mass is 35.5. The number of hydrogen-bond acceptors (Lipinski definition) is 6. The van der Waals surface area contributed by atoms with Gasteiger partial charge >= 0.3 is 0 Å². The summed E-state index contributed by atoms with van der Waals surface area (Å²) in [6.45, 7) is 5.44. The Bertz CT molecular complexity index is 1210. The predicted molar refractivity (Wildman–Crippen MR) is 128 cm³/mol. The summed E-state index contributed by atoms with van der Waals surface area (Å²) in [4.78, 5) is 18.4. The van der Waals surface area contributed by atoms with Crippen molar-refractivity contribution in [2.24, 2.45) is 5.92 Å². The summed E-state index contributed by atoms with van der Waals surface area (Å²) in [5, 5.41) is 3.44. The molecule has 0 fully saturated rings. The molecule has 0 aliphatic carbocycles. The average Bonchev–Trinajstić information content (AvgIpc) is 3.11. The zero-order valence-corrected chi connectivity index (χ0v) is 20.4. The van der Waals surface area contributed by atoms with E-state index >= 15 is 0 Å². The van der Waals surface area contributed by atoms with E-state index in [1.807, 2.05) is 31.2 Å². The Kier molecular flexibility index (Phi) is 7.55. The van der Waals surface area contributed by atoms with Crippen LogP contribution in [0.15, 0.2) is 53.4 Å². The number of ether oxygens (including phenoxy) is 1. The van der Waals surface area contributed by atoms with E-state index in [1.165, 1.54) is 23.5 Å². The Morgan fingerprint density at radius 2 is 1.84 bits per heavy atom.